The molecule has 0 atom stereocenters. The van der Waals surface area contributed by atoms with E-state index in [4.69, 9.17) is 4.74 Å². The van der Waals surface area contributed by atoms with Gasteiger partial charge in [-0.25, -0.2) is 9.97 Å². The molecule has 1 aromatic heterocycles. The number of rotatable bonds is 5. The smallest absolute Gasteiger partial charge is 0.129 e. The first-order valence-electron chi connectivity index (χ1n) is 4.78. The molecule has 0 bridgehead atoms. The van der Waals surface area contributed by atoms with Gasteiger partial charge in [0.15, 0.2) is 0 Å². The van der Waals surface area contributed by atoms with E-state index < -0.39 is 0 Å². The second-order valence-electron chi connectivity index (χ2n) is 3.44. The Morgan fingerprint density at radius 1 is 1.43 bits per heavy atom. The van der Waals surface area contributed by atoms with Crippen LogP contribution in [0, 0.1) is 0 Å². The molecule has 1 N–H and O–H groups in total. The van der Waals surface area contributed by atoms with Crippen LogP contribution in [0.2, 0.25) is 0 Å². The van der Waals surface area contributed by atoms with Gasteiger partial charge < -0.3 is 10.1 Å². The molecule has 0 aromatic carbocycles. The van der Waals surface area contributed by atoms with Gasteiger partial charge in [0.05, 0.1) is 6.61 Å². The van der Waals surface area contributed by atoms with E-state index in [0.717, 1.165) is 17.9 Å². The highest BCUT2D eigenvalue weighted by atomic mass is 16.5. The summed E-state index contributed by atoms with van der Waals surface area (Å²) in [5.74, 6) is 0.876. The van der Waals surface area contributed by atoms with Gasteiger partial charge in [0.25, 0.3) is 0 Å². The lowest BCUT2D eigenvalue weighted by Crippen LogP contribution is -2.11. The summed E-state index contributed by atoms with van der Waals surface area (Å²) in [6.07, 6.45) is 2.40. The summed E-state index contributed by atoms with van der Waals surface area (Å²) >= 11 is 0. The van der Waals surface area contributed by atoms with Crippen LogP contribution in [-0.4, -0.2) is 29.7 Å². The minimum Gasteiger partial charge on any atom is -0.384 e. The van der Waals surface area contributed by atoms with Crippen LogP contribution in [0.25, 0.3) is 0 Å². The van der Waals surface area contributed by atoms with Crippen molar-refractivity contribution in [2.45, 2.75) is 26.3 Å². The maximum atomic E-state index is 4.99. The molecule has 0 amide bonds. The fourth-order valence-corrected chi connectivity index (χ4v) is 1.12. The van der Waals surface area contributed by atoms with Gasteiger partial charge in [-0.3, -0.25) is 0 Å². The minimum atomic E-state index is 0.389. The van der Waals surface area contributed by atoms with Gasteiger partial charge in [0, 0.05) is 31.3 Å². The second-order valence-corrected chi connectivity index (χ2v) is 3.44. The largest absolute Gasteiger partial charge is 0.384 e. The van der Waals surface area contributed by atoms with Crippen molar-refractivity contribution in [2.24, 2.45) is 0 Å². The van der Waals surface area contributed by atoms with E-state index in [2.05, 4.69) is 29.1 Å². The molecule has 0 saturated carbocycles. The van der Waals surface area contributed by atoms with Crippen LogP contribution in [0.15, 0.2) is 12.4 Å². The van der Waals surface area contributed by atoms with E-state index in [9.17, 15) is 0 Å². The average molecular weight is 195 g/mol. The Labute approximate surface area is 84.7 Å². The van der Waals surface area contributed by atoms with E-state index in [1.54, 1.807) is 13.4 Å². The third kappa shape index (κ3) is 3.70. The summed E-state index contributed by atoms with van der Waals surface area (Å²) < 4.78 is 4.99. The summed E-state index contributed by atoms with van der Waals surface area (Å²) in [6.45, 7) is 4.85. The Morgan fingerprint density at radius 3 is 2.86 bits per heavy atom. The summed E-state index contributed by atoms with van der Waals surface area (Å²) in [4.78, 5) is 8.28. The molecule has 78 valence electrons. The average Bonchev–Trinajstić information content (AvgIpc) is 2.14. The first-order valence-corrected chi connectivity index (χ1v) is 4.78. The van der Waals surface area contributed by atoms with Crippen LogP contribution in [0.1, 0.15) is 19.5 Å². The normalized spacial score (nSPS) is 10.6. The maximum absolute atomic E-state index is 4.99. The van der Waals surface area contributed by atoms with Crippen molar-refractivity contribution in [3.63, 3.8) is 0 Å². The van der Waals surface area contributed by atoms with Crippen molar-refractivity contribution >= 4 is 5.82 Å². The standard InChI is InChI=1S/C10H17N3O/c1-8(2)13-10-6-9(4-5-14-3)11-7-12-10/h6-8H,4-5H2,1-3H3,(H,11,12,13). The predicted molar refractivity (Wildman–Crippen MR) is 56.4 cm³/mol. The summed E-state index contributed by atoms with van der Waals surface area (Å²) in [5, 5.41) is 3.23. The fourth-order valence-electron chi connectivity index (χ4n) is 1.12. The molecule has 1 aromatic rings. The lowest BCUT2D eigenvalue weighted by molar-refractivity contribution is 0.201. The van der Waals surface area contributed by atoms with Crippen LogP contribution in [0.5, 0.6) is 0 Å². The number of nitrogens with zero attached hydrogens (tertiary/aromatic N) is 2. The van der Waals surface area contributed by atoms with Gasteiger partial charge in [0.1, 0.15) is 12.1 Å². The molecular weight excluding hydrogens is 178 g/mol. The SMILES string of the molecule is COCCc1cc(NC(C)C)ncn1. The molecule has 0 fully saturated rings. The molecule has 1 heterocycles. The number of aromatic nitrogens is 2. The van der Waals surface area contributed by atoms with Crippen molar-refractivity contribution in [1.29, 1.82) is 0 Å². The summed E-state index contributed by atoms with van der Waals surface area (Å²) in [7, 11) is 1.69. The number of methoxy groups -OCH3 is 1. The zero-order chi connectivity index (χ0) is 10.4. The van der Waals surface area contributed by atoms with E-state index >= 15 is 0 Å². The minimum absolute atomic E-state index is 0.389. The number of anilines is 1. The number of nitrogens with one attached hydrogen (secondary N) is 1. The molecule has 14 heavy (non-hydrogen) atoms. The third-order valence-electron chi connectivity index (χ3n) is 1.72. The monoisotopic (exact) mass is 195 g/mol. The Morgan fingerprint density at radius 2 is 2.21 bits per heavy atom. The molecule has 0 aliphatic carbocycles. The van der Waals surface area contributed by atoms with Gasteiger partial charge in [-0.05, 0) is 13.8 Å². The summed E-state index contributed by atoms with van der Waals surface area (Å²) in [6, 6.07) is 2.35. The zero-order valence-electron chi connectivity index (χ0n) is 8.95. The first kappa shape index (κ1) is 10.9. The van der Waals surface area contributed by atoms with Crippen molar-refractivity contribution < 1.29 is 4.74 Å². The molecule has 0 radical (unpaired) electrons. The van der Waals surface area contributed by atoms with Gasteiger partial charge in [0.2, 0.25) is 0 Å². The highest BCUT2D eigenvalue weighted by molar-refractivity contribution is 5.35. The molecule has 0 saturated heterocycles. The first-order chi connectivity index (χ1) is 6.72. The van der Waals surface area contributed by atoms with Gasteiger partial charge in [-0.2, -0.15) is 0 Å². The highest BCUT2D eigenvalue weighted by Crippen LogP contribution is 2.05. The Kier molecular flexibility index (Phi) is 4.32. The highest BCUT2D eigenvalue weighted by Gasteiger charge is 1.99. The van der Waals surface area contributed by atoms with E-state index in [0.29, 0.717) is 12.6 Å². The van der Waals surface area contributed by atoms with Crippen LogP contribution in [-0.2, 0) is 11.2 Å². The summed E-state index contributed by atoms with van der Waals surface area (Å²) in [5.41, 5.74) is 1.00. The molecule has 4 heteroatoms. The zero-order valence-corrected chi connectivity index (χ0v) is 8.95. The lowest BCUT2D eigenvalue weighted by Gasteiger charge is -2.09. The van der Waals surface area contributed by atoms with E-state index in [1.165, 1.54) is 0 Å². The lowest BCUT2D eigenvalue weighted by atomic mass is 10.3. The van der Waals surface area contributed by atoms with Crippen molar-refractivity contribution in [3.8, 4) is 0 Å². The van der Waals surface area contributed by atoms with Crippen LogP contribution in [0.4, 0.5) is 5.82 Å². The van der Waals surface area contributed by atoms with Crippen molar-refractivity contribution in [1.82, 2.24) is 9.97 Å². The van der Waals surface area contributed by atoms with Crippen LogP contribution >= 0.6 is 0 Å². The fraction of sp³-hybridized carbons (Fsp3) is 0.600. The number of hydrogen-bond donors (Lipinski definition) is 1. The predicted octanol–water partition coefficient (Wildman–Crippen LogP) is 1.49. The molecular formula is C10H17N3O. The number of ether oxygens (including phenoxy) is 1. The topological polar surface area (TPSA) is 47.0 Å². The molecule has 0 aliphatic heterocycles. The van der Waals surface area contributed by atoms with Gasteiger partial charge in [-0.15, -0.1) is 0 Å². The molecule has 1 rings (SSSR count). The van der Waals surface area contributed by atoms with Gasteiger partial charge in [-0.1, -0.05) is 0 Å². The Bertz CT molecular complexity index is 276. The van der Waals surface area contributed by atoms with E-state index in [1.807, 2.05) is 6.07 Å². The molecule has 0 spiro atoms. The Balaban J connectivity index is 2.59. The third-order valence-corrected chi connectivity index (χ3v) is 1.72. The molecule has 4 nitrogen and oxygen atoms in total. The number of hydrogen-bond acceptors (Lipinski definition) is 4. The van der Waals surface area contributed by atoms with Crippen molar-refractivity contribution in [3.05, 3.63) is 18.1 Å². The van der Waals surface area contributed by atoms with E-state index in [-0.39, 0.29) is 0 Å². The van der Waals surface area contributed by atoms with Crippen LogP contribution in [0.3, 0.4) is 0 Å². The van der Waals surface area contributed by atoms with Crippen LogP contribution < -0.4 is 5.32 Å². The maximum Gasteiger partial charge on any atom is 0.129 e. The van der Waals surface area contributed by atoms with Crippen molar-refractivity contribution in [2.75, 3.05) is 19.0 Å². The second kappa shape index (κ2) is 5.54. The van der Waals surface area contributed by atoms with Gasteiger partial charge >= 0.3 is 0 Å². The molecule has 0 aliphatic rings. The molecule has 0 unspecified atom stereocenters. The quantitative estimate of drug-likeness (QED) is 0.773. The Hall–Kier alpha value is -1.16.